The highest BCUT2D eigenvalue weighted by atomic mass is 16.5. The van der Waals surface area contributed by atoms with E-state index in [0.29, 0.717) is 43.1 Å². The number of benzene rings is 2. The minimum absolute atomic E-state index is 0.303. The van der Waals surface area contributed by atoms with E-state index in [9.17, 15) is 9.59 Å². The summed E-state index contributed by atoms with van der Waals surface area (Å²) in [6.45, 7) is 3.06. The van der Waals surface area contributed by atoms with Crippen molar-refractivity contribution < 1.29 is 4.74 Å². The van der Waals surface area contributed by atoms with Gasteiger partial charge < -0.3 is 9.30 Å². The van der Waals surface area contributed by atoms with E-state index >= 15 is 0 Å². The van der Waals surface area contributed by atoms with Gasteiger partial charge >= 0.3 is 5.69 Å². The second kappa shape index (κ2) is 9.47. The summed E-state index contributed by atoms with van der Waals surface area (Å²) in [5.74, 6) is 1.33. The SMILES string of the molecule is CCc1nc2c(c(=O)[nH]c(=O)n2CCOC)n1Cc1ccc(-c2ccccc2-c2nnn[nH]2)cc1. The lowest BCUT2D eigenvalue weighted by Gasteiger charge is -2.11. The Hall–Kier alpha value is -4.38. The van der Waals surface area contributed by atoms with Crippen LogP contribution in [0, 0.1) is 0 Å². The Kier molecular flexibility index (Phi) is 6.06. The molecule has 0 saturated heterocycles. The molecule has 5 aromatic rings. The highest BCUT2D eigenvalue weighted by Gasteiger charge is 2.18. The third-order valence-corrected chi connectivity index (χ3v) is 5.93. The number of ether oxygens (including phenoxy) is 1. The van der Waals surface area contributed by atoms with E-state index in [2.05, 4.69) is 30.6 Å². The molecule has 0 aliphatic carbocycles. The summed E-state index contributed by atoms with van der Waals surface area (Å²) >= 11 is 0. The highest BCUT2D eigenvalue weighted by Crippen LogP contribution is 2.30. The summed E-state index contributed by atoms with van der Waals surface area (Å²) in [6.07, 6.45) is 0.614. The van der Waals surface area contributed by atoms with Crippen molar-refractivity contribution in [3.63, 3.8) is 0 Å². The van der Waals surface area contributed by atoms with Crippen LogP contribution in [0.1, 0.15) is 18.3 Å². The number of hydrogen-bond acceptors (Lipinski definition) is 7. The van der Waals surface area contributed by atoms with Gasteiger partial charge in [0, 0.05) is 25.6 Å². The molecule has 0 spiro atoms. The van der Waals surface area contributed by atoms with E-state index in [1.54, 1.807) is 7.11 Å². The Balaban J connectivity index is 1.52. The van der Waals surface area contributed by atoms with Crippen molar-refractivity contribution in [3.8, 4) is 22.5 Å². The van der Waals surface area contributed by atoms with Crippen LogP contribution in [-0.2, 0) is 24.2 Å². The van der Waals surface area contributed by atoms with Crippen molar-refractivity contribution in [3.05, 3.63) is 80.8 Å². The van der Waals surface area contributed by atoms with Gasteiger partial charge in [-0.2, -0.15) is 0 Å². The average Bonchev–Trinajstić information content (AvgIpc) is 3.53. The molecule has 0 unspecified atom stereocenters. The summed E-state index contributed by atoms with van der Waals surface area (Å²) < 4.78 is 8.45. The predicted octanol–water partition coefficient (Wildman–Crippen LogP) is 1.99. The van der Waals surface area contributed by atoms with E-state index in [1.165, 1.54) is 4.57 Å². The summed E-state index contributed by atoms with van der Waals surface area (Å²) in [5, 5.41) is 14.2. The van der Waals surface area contributed by atoms with Crippen molar-refractivity contribution in [2.45, 2.75) is 26.4 Å². The lowest BCUT2D eigenvalue weighted by molar-refractivity contribution is 0.187. The van der Waals surface area contributed by atoms with Crippen LogP contribution in [0.3, 0.4) is 0 Å². The van der Waals surface area contributed by atoms with Crippen LogP contribution in [0.25, 0.3) is 33.7 Å². The molecule has 0 radical (unpaired) electrons. The number of fused-ring (bicyclic) bond motifs is 1. The van der Waals surface area contributed by atoms with Gasteiger partial charge in [-0.25, -0.2) is 14.9 Å². The number of methoxy groups -OCH3 is 1. The molecule has 3 aromatic heterocycles. The van der Waals surface area contributed by atoms with Crippen LogP contribution < -0.4 is 11.2 Å². The fourth-order valence-corrected chi connectivity index (χ4v) is 4.23. The number of tetrazole rings is 1. The second-order valence-corrected chi connectivity index (χ2v) is 8.04. The van der Waals surface area contributed by atoms with Gasteiger partial charge in [0.15, 0.2) is 17.0 Å². The molecule has 0 saturated carbocycles. The topological polar surface area (TPSA) is 136 Å². The summed E-state index contributed by atoms with van der Waals surface area (Å²) in [7, 11) is 1.56. The lowest BCUT2D eigenvalue weighted by atomic mass is 9.98. The van der Waals surface area contributed by atoms with Crippen LogP contribution in [0.5, 0.6) is 0 Å². The Morgan fingerprint density at radius 3 is 2.46 bits per heavy atom. The number of nitrogens with zero attached hydrogens (tertiary/aromatic N) is 6. The zero-order valence-electron chi connectivity index (χ0n) is 19.4. The zero-order valence-corrected chi connectivity index (χ0v) is 19.4. The van der Waals surface area contributed by atoms with E-state index in [-0.39, 0.29) is 0 Å². The van der Waals surface area contributed by atoms with Crippen molar-refractivity contribution in [1.82, 2.24) is 39.7 Å². The van der Waals surface area contributed by atoms with Gasteiger partial charge in [0.1, 0.15) is 5.82 Å². The van der Waals surface area contributed by atoms with E-state index in [0.717, 1.165) is 28.1 Å². The molecular formula is C24H24N8O3. The van der Waals surface area contributed by atoms with Gasteiger partial charge in [0.05, 0.1) is 13.2 Å². The number of aromatic nitrogens is 8. The first-order valence-corrected chi connectivity index (χ1v) is 11.2. The van der Waals surface area contributed by atoms with E-state index < -0.39 is 11.2 Å². The van der Waals surface area contributed by atoms with Crippen LogP contribution in [0.15, 0.2) is 58.1 Å². The Bertz CT molecular complexity index is 1580. The molecule has 0 aliphatic heterocycles. The molecule has 11 heteroatoms. The molecule has 0 amide bonds. The molecule has 0 bridgehead atoms. The molecule has 2 N–H and O–H groups in total. The van der Waals surface area contributed by atoms with Gasteiger partial charge in [0.2, 0.25) is 0 Å². The zero-order chi connectivity index (χ0) is 24.4. The number of H-pyrrole nitrogens is 2. The van der Waals surface area contributed by atoms with E-state index in [1.807, 2.05) is 60.0 Å². The van der Waals surface area contributed by atoms with E-state index in [4.69, 9.17) is 4.74 Å². The minimum atomic E-state index is -0.489. The van der Waals surface area contributed by atoms with Gasteiger partial charge in [-0.1, -0.05) is 55.5 Å². The Morgan fingerprint density at radius 1 is 1.00 bits per heavy atom. The van der Waals surface area contributed by atoms with Gasteiger partial charge in [0.25, 0.3) is 5.56 Å². The Morgan fingerprint density at radius 2 is 1.77 bits per heavy atom. The van der Waals surface area contributed by atoms with Gasteiger partial charge in [-0.3, -0.25) is 14.3 Å². The number of nitrogens with one attached hydrogen (secondary N) is 2. The maximum Gasteiger partial charge on any atom is 0.330 e. The van der Waals surface area contributed by atoms with Gasteiger partial charge in [-0.05, 0) is 27.1 Å². The van der Waals surface area contributed by atoms with Crippen LogP contribution in [0.4, 0.5) is 0 Å². The van der Waals surface area contributed by atoms with Crippen molar-refractivity contribution in [1.29, 1.82) is 0 Å². The molecule has 0 fully saturated rings. The second-order valence-electron chi connectivity index (χ2n) is 8.04. The monoisotopic (exact) mass is 472 g/mol. The molecule has 35 heavy (non-hydrogen) atoms. The quantitative estimate of drug-likeness (QED) is 0.352. The minimum Gasteiger partial charge on any atom is -0.383 e. The summed E-state index contributed by atoms with van der Waals surface area (Å²) in [5.41, 5.74) is 3.73. The van der Waals surface area contributed by atoms with Crippen LogP contribution in [0.2, 0.25) is 0 Å². The normalized spacial score (nSPS) is 11.4. The third kappa shape index (κ3) is 4.17. The molecule has 11 nitrogen and oxygen atoms in total. The molecule has 0 aliphatic rings. The number of rotatable bonds is 8. The highest BCUT2D eigenvalue weighted by molar-refractivity contribution is 5.80. The number of imidazole rings is 1. The third-order valence-electron chi connectivity index (χ3n) is 5.93. The number of hydrogen-bond donors (Lipinski definition) is 2. The van der Waals surface area contributed by atoms with Crippen LogP contribution >= 0.6 is 0 Å². The number of aromatic amines is 2. The first kappa shape index (κ1) is 22.4. The Labute approximate surface area is 199 Å². The molecule has 0 atom stereocenters. The fraction of sp³-hybridized carbons (Fsp3) is 0.250. The smallest absolute Gasteiger partial charge is 0.330 e. The number of aryl methyl sites for hydroxylation is 1. The standard InChI is InChI=1S/C24H24N8O3/c1-3-19-25-22-20(23(33)26-24(34)31(22)12-13-35-2)32(19)14-15-8-10-16(11-9-15)17-6-4-5-7-18(17)21-27-29-30-28-21/h4-11H,3,12-14H2,1-2H3,(H,26,33,34)(H,27,28,29,30). The van der Waals surface area contributed by atoms with Crippen molar-refractivity contribution in [2.24, 2.45) is 0 Å². The molecule has 178 valence electrons. The predicted molar refractivity (Wildman–Crippen MR) is 130 cm³/mol. The first-order chi connectivity index (χ1) is 17.1. The molecule has 3 heterocycles. The molecule has 5 rings (SSSR count). The largest absolute Gasteiger partial charge is 0.383 e. The maximum atomic E-state index is 12.8. The van der Waals surface area contributed by atoms with Crippen LogP contribution in [-0.4, -0.2) is 53.4 Å². The maximum absolute atomic E-state index is 12.8. The molecule has 2 aromatic carbocycles. The molecular weight excluding hydrogens is 448 g/mol. The van der Waals surface area contributed by atoms with Crippen molar-refractivity contribution in [2.75, 3.05) is 13.7 Å². The summed E-state index contributed by atoms with van der Waals surface area (Å²) in [4.78, 5) is 32.2. The summed E-state index contributed by atoms with van der Waals surface area (Å²) in [6, 6.07) is 16.0. The fourth-order valence-electron chi connectivity index (χ4n) is 4.23. The first-order valence-electron chi connectivity index (χ1n) is 11.2. The lowest BCUT2D eigenvalue weighted by Crippen LogP contribution is -2.32. The van der Waals surface area contributed by atoms with Crippen molar-refractivity contribution >= 4 is 11.2 Å². The average molecular weight is 473 g/mol. The van der Waals surface area contributed by atoms with Gasteiger partial charge in [-0.15, -0.1) is 5.10 Å².